The maximum Gasteiger partial charge on any atom is 0.127 e. The van der Waals surface area contributed by atoms with Crippen LogP contribution in [-0.4, -0.2) is 25.0 Å². The number of likely N-dealkylation sites (N-methyl/N-ethyl adjacent to an activating group) is 1. The molecule has 0 aliphatic carbocycles. The summed E-state index contributed by atoms with van der Waals surface area (Å²) in [6.45, 7) is 0. The fourth-order valence-electron chi connectivity index (χ4n) is 1.90. The van der Waals surface area contributed by atoms with Gasteiger partial charge in [0.25, 0.3) is 0 Å². The van der Waals surface area contributed by atoms with Crippen LogP contribution < -0.4 is 5.32 Å². The number of nitrogens with one attached hydrogen (secondary N) is 1. The normalized spacial score (nSPS) is 11.1. The van der Waals surface area contributed by atoms with Crippen LogP contribution in [0.3, 0.4) is 0 Å². The third kappa shape index (κ3) is 2.74. The standard InChI is InChI=1S/C14H16N2O.ClH/c1-15-13(16-2)9-11-8-7-10-5-3-4-6-12(10)14(11)17;/h3-8,17H,9H2,1-2H3,(H,15,16);1H. The molecule has 0 unspecified atom stereocenters. The highest BCUT2D eigenvalue weighted by molar-refractivity contribution is 5.92. The van der Waals surface area contributed by atoms with Crippen molar-refractivity contribution in [2.75, 3.05) is 14.1 Å². The molecule has 2 aromatic rings. The number of aromatic hydroxyl groups is 1. The highest BCUT2D eigenvalue weighted by Gasteiger charge is 2.07. The van der Waals surface area contributed by atoms with Crippen molar-refractivity contribution in [1.82, 2.24) is 5.32 Å². The van der Waals surface area contributed by atoms with E-state index in [1.807, 2.05) is 43.4 Å². The number of benzene rings is 2. The van der Waals surface area contributed by atoms with Crippen LogP contribution in [0.25, 0.3) is 10.8 Å². The Hall–Kier alpha value is -1.74. The zero-order valence-corrected chi connectivity index (χ0v) is 11.3. The first-order valence-corrected chi connectivity index (χ1v) is 5.59. The monoisotopic (exact) mass is 264 g/mol. The molecule has 2 aromatic carbocycles. The van der Waals surface area contributed by atoms with Gasteiger partial charge in [0.05, 0.1) is 0 Å². The molecule has 96 valence electrons. The van der Waals surface area contributed by atoms with Crippen LogP contribution in [-0.2, 0) is 6.42 Å². The Morgan fingerprint density at radius 2 is 1.94 bits per heavy atom. The summed E-state index contributed by atoms with van der Waals surface area (Å²) in [7, 11) is 3.57. The third-order valence-corrected chi connectivity index (χ3v) is 2.90. The largest absolute Gasteiger partial charge is 0.507 e. The number of hydrogen-bond donors (Lipinski definition) is 2. The predicted molar refractivity (Wildman–Crippen MR) is 79.0 cm³/mol. The van der Waals surface area contributed by atoms with Crippen LogP contribution >= 0.6 is 12.4 Å². The van der Waals surface area contributed by atoms with Gasteiger partial charge in [0, 0.05) is 31.5 Å². The fraction of sp³-hybridized carbons (Fsp3) is 0.214. The number of phenols is 1. The molecule has 0 heterocycles. The molecule has 2 rings (SSSR count). The minimum absolute atomic E-state index is 0. The van der Waals surface area contributed by atoms with Crippen molar-refractivity contribution < 1.29 is 5.11 Å². The Bertz CT molecular complexity index is 567. The second kappa shape index (κ2) is 6.26. The van der Waals surface area contributed by atoms with Crippen LogP contribution in [0, 0.1) is 0 Å². The molecular weight excluding hydrogens is 248 g/mol. The van der Waals surface area contributed by atoms with Crippen LogP contribution in [0.15, 0.2) is 41.4 Å². The molecule has 0 aromatic heterocycles. The lowest BCUT2D eigenvalue weighted by Crippen LogP contribution is -2.20. The first kappa shape index (κ1) is 14.3. The molecule has 3 nitrogen and oxygen atoms in total. The lowest BCUT2D eigenvalue weighted by molar-refractivity contribution is 0.476. The van der Waals surface area contributed by atoms with Crippen molar-refractivity contribution in [3.63, 3.8) is 0 Å². The molecule has 2 N–H and O–H groups in total. The molecule has 0 saturated carbocycles. The van der Waals surface area contributed by atoms with E-state index in [1.54, 1.807) is 7.05 Å². The molecule has 18 heavy (non-hydrogen) atoms. The van der Waals surface area contributed by atoms with E-state index >= 15 is 0 Å². The summed E-state index contributed by atoms with van der Waals surface area (Å²) in [5.74, 6) is 1.20. The quantitative estimate of drug-likeness (QED) is 0.647. The summed E-state index contributed by atoms with van der Waals surface area (Å²) in [6.07, 6.45) is 0.615. The molecule has 0 amide bonds. The first-order chi connectivity index (χ1) is 8.26. The fourth-order valence-corrected chi connectivity index (χ4v) is 1.90. The first-order valence-electron chi connectivity index (χ1n) is 5.59. The minimum atomic E-state index is 0. The number of hydrogen-bond acceptors (Lipinski definition) is 2. The van der Waals surface area contributed by atoms with Crippen molar-refractivity contribution >= 4 is 29.0 Å². The summed E-state index contributed by atoms with van der Waals surface area (Å²) in [6, 6.07) is 11.8. The molecule has 4 heteroatoms. The van der Waals surface area contributed by atoms with E-state index < -0.39 is 0 Å². The average molecular weight is 265 g/mol. The van der Waals surface area contributed by atoms with Gasteiger partial charge < -0.3 is 10.4 Å². The van der Waals surface area contributed by atoms with E-state index in [1.165, 1.54) is 0 Å². The summed E-state index contributed by atoms with van der Waals surface area (Å²) in [5.41, 5.74) is 0.888. The van der Waals surface area contributed by atoms with Crippen molar-refractivity contribution in [1.29, 1.82) is 0 Å². The van der Waals surface area contributed by atoms with Gasteiger partial charge in [-0.15, -0.1) is 12.4 Å². The Morgan fingerprint density at radius 3 is 2.61 bits per heavy atom. The van der Waals surface area contributed by atoms with Gasteiger partial charge in [-0.05, 0) is 5.39 Å². The van der Waals surface area contributed by atoms with E-state index in [9.17, 15) is 5.11 Å². The lowest BCUT2D eigenvalue weighted by Gasteiger charge is -2.09. The van der Waals surface area contributed by atoms with E-state index in [4.69, 9.17) is 0 Å². The van der Waals surface area contributed by atoms with Crippen molar-refractivity contribution in [2.45, 2.75) is 6.42 Å². The van der Waals surface area contributed by atoms with Crippen molar-refractivity contribution in [2.24, 2.45) is 4.99 Å². The smallest absolute Gasteiger partial charge is 0.127 e. The van der Waals surface area contributed by atoms with Gasteiger partial charge in [-0.1, -0.05) is 36.4 Å². The van der Waals surface area contributed by atoms with E-state index in [2.05, 4.69) is 10.3 Å². The summed E-state index contributed by atoms with van der Waals surface area (Å²) >= 11 is 0. The zero-order chi connectivity index (χ0) is 12.3. The number of rotatable bonds is 2. The summed E-state index contributed by atoms with van der Waals surface area (Å²) < 4.78 is 0. The van der Waals surface area contributed by atoms with Crippen molar-refractivity contribution in [3.8, 4) is 5.75 Å². The van der Waals surface area contributed by atoms with Gasteiger partial charge in [-0.3, -0.25) is 4.99 Å². The Labute approximate surface area is 113 Å². The number of phenolic OH excluding ortho intramolecular Hbond substituents is 1. The molecule has 0 aliphatic heterocycles. The Kier molecular flexibility index (Phi) is 4.98. The molecule has 0 spiro atoms. The third-order valence-electron chi connectivity index (χ3n) is 2.90. The highest BCUT2D eigenvalue weighted by atomic mass is 35.5. The average Bonchev–Trinajstić information content (AvgIpc) is 2.38. The molecule has 0 fully saturated rings. The number of aliphatic imine (C=N–C) groups is 1. The predicted octanol–water partition coefficient (Wildman–Crippen LogP) is 2.76. The lowest BCUT2D eigenvalue weighted by atomic mass is 10.0. The van der Waals surface area contributed by atoms with Gasteiger partial charge in [-0.2, -0.15) is 0 Å². The molecule has 0 atom stereocenters. The topological polar surface area (TPSA) is 44.6 Å². The minimum Gasteiger partial charge on any atom is -0.507 e. The molecular formula is C14H17ClN2O. The molecule has 0 aliphatic rings. The maximum atomic E-state index is 10.2. The van der Waals surface area contributed by atoms with Crippen LogP contribution in [0.5, 0.6) is 5.75 Å². The SMILES string of the molecule is CN=C(Cc1ccc2ccccc2c1O)NC.Cl. The number of halogens is 1. The van der Waals surface area contributed by atoms with Gasteiger partial charge in [0.1, 0.15) is 11.6 Å². The van der Waals surface area contributed by atoms with Gasteiger partial charge in [-0.25, -0.2) is 0 Å². The second-order valence-corrected chi connectivity index (χ2v) is 3.89. The summed E-state index contributed by atoms with van der Waals surface area (Å²) in [4.78, 5) is 4.12. The van der Waals surface area contributed by atoms with Crippen LogP contribution in [0.4, 0.5) is 0 Å². The second-order valence-electron chi connectivity index (χ2n) is 3.89. The molecule has 0 radical (unpaired) electrons. The zero-order valence-electron chi connectivity index (χ0n) is 10.5. The van der Waals surface area contributed by atoms with E-state index in [0.717, 1.165) is 22.2 Å². The van der Waals surface area contributed by atoms with Gasteiger partial charge >= 0.3 is 0 Å². The van der Waals surface area contributed by atoms with E-state index in [-0.39, 0.29) is 12.4 Å². The van der Waals surface area contributed by atoms with E-state index in [0.29, 0.717) is 12.2 Å². The highest BCUT2D eigenvalue weighted by Crippen LogP contribution is 2.28. The van der Waals surface area contributed by atoms with Gasteiger partial charge in [0.2, 0.25) is 0 Å². The van der Waals surface area contributed by atoms with Crippen LogP contribution in [0.1, 0.15) is 5.56 Å². The summed E-state index contributed by atoms with van der Waals surface area (Å²) in [5, 5.41) is 15.2. The maximum absolute atomic E-state index is 10.2. The van der Waals surface area contributed by atoms with Crippen LogP contribution in [0.2, 0.25) is 0 Å². The Balaban J connectivity index is 0.00000162. The van der Waals surface area contributed by atoms with Gasteiger partial charge in [0.15, 0.2) is 0 Å². The number of fused-ring (bicyclic) bond motifs is 1. The Morgan fingerprint density at radius 1 is 1.22 bits per heavy atom. The van der Waals surface area contributed by atoms with Crippen molar-refractivity contribution in [3.05, 3.63) is 42.0 Å². The molecule has 0 saturated heterocycles. The molecule has 0 bridgehead atoms. The number of nitrogens with zero attached hydrogens (tertiary/aromatic N) is 1. The number of amidine groups is 1.